The molecule has 1 N–H and O–H groups in total. The number of carbonyl (C=O) groups excluding carboxylic acids is 1. The topological polar surface area (TPSA) is 50.8 Å². The fraction of sp³-hybridized carbons (Fsp3) is 0.381. The fourth-order valence-corrected chi connectivity index (χ4v) is 3.13. The number of amides is 1. The number of nitrogens with one attached hydrogen (secondary N) is 1. The van der Waals surface area contributed by atoms with Crippen LogP contribution in [0.25, 0.3) is 0 Å². The first kappa shape index (κ1) is 19.9. The molecule has 1 aliphatic rings. The predicted molar refractivity (Wildman–Crippen MR) is 109 cm³/mol. The van der Waals surface area contributed by atoms with Crippen LogP contribution in [0.2, 0.25) is 0 Å². The summed E-state index contributed by atoms with van der Waals surface area (Å²) in [5.74, 6) is 0.561. The lowest BCUT2D eigenvalue weighted by atomic mass is 10.1. The molecule has 0 atom stereocenters. The van der Waals surface area contributed by atoms with Crippen LogP contribution in [-0.4, -0.2) is 43.7 Å². The maximum atomic E-state index is 12.0. The van der Waals surface area contributed by atoms with E-state index in [9.17, 15) is 4.79 Å². The Hall–Kier alpha value is -1.89. The molecule has 0 radical (unpaired) electrons. The lowest BCUT2D eigenvalue weighted by molar-refractivity contribution is -0.123. The van der Waals surface area contributed by atoms with Gasteiger partial charge in [-0.05, 0) is 41.8 Å². The number of nitrogens with zero attached hydrogens (tertiary/aromatic N) is 1. The molecule has 0 spiro atoms. The quantitative estimate of drug-likeness (QED) is 0.728. The third-order valence-electron chi connectivity index (χ3n) is 4.52. The van der Waals surface area contributed by atoms with E-state index >= 15 is 0 Å². The number of aryl methyl sites for hydroxylation is 1. The zero-order chi connectivity index (χ0) is 19.1. The van der Waals surface area contributed by atoms with E-state index in [1.54, 1.807) is 0 Å². The number of rotatable bonds is 7. The molecule has 0 aliphatic carbocycles. The Labute approximate surface area is 168 Å². The molecule has 1 aliphatic heterocycles. The monoisotopic (exact) mass is 432 g/mol. The first-order valence-electron chi connectivity index (χ1n) is 9.14. The Morgan fingerprint density at radius 1 is 1.15 bits per heavy atom. The summed E-state index contributed by atoms with van der Waals surface area (Å²) in [7, 11) is 0. The van der Waals surface area contributed by atoms with Gasteiger partial charge in [-0.1, -0.05) is 40.2 Å². The normalized spacial score (nSPS) is 14.7. The van der Waals surface area contributed by atoms with E-state index in [2.05, 4.69) is 50.4 Å². The van der Waals surface area contributed by atoms with Crippen molar-refractivity contribution in [2.24, 2.45) is 0 Å². The number of hydrogen-bond acceptors (Lipinski definition) is 4. The van der Waals surface area contributed by atoms with E-state index in [1.807, 2.05) is 25.1 Å². The summed E-state index contributed by atoms with van der Waals surface area (Å²) in [6, 6.07) is 14.0. The van der Waals surface area contributed by atoms with Crippen LogP contribution >= 0.6 is 15.9 Å². The van der Waals surface area contributed by atoms with Crippen molar-refractivity contribution in [3.8, 4) is 5.75 Å². The minimum atomic E-state index is -0.132. The van der Waals surface area contributed by atoms with E-state index in [0.29, 0.717) is 12.3 Å². The second kappa shape index (κ2) is 9.88. The van der Waals surface area contributed by atoms with E-state index in [0.717, 1.165) is 48.4 Å². The standard InChI is InChI=1S/C21H25BrN2O3/c1-16-12-19(6-7-20(16)22)27-15-21(25)23-13-17-2-4-18(5-3-17)14-24-8-10-26-11-9-24/h2-7,12H,8-11,13-15H2,1H3,(H,23,25). The van der Waals surface area contributed by atoms with Gasteiger partial charge in [0.1, 0.15) is 5.75 Å². The molecule has 0 bridgehead atoms. The number of hydrogen-bond donors (Lipinski definition) is 1. The Bertz CT molecular complexity index is 759. The molecule has 144 valence electrons. The van der Waals surface area contributed by atoms with Gasteiger partial charge in [0.2, 0.25) is 0 Å². The molecule has 3 rings (SSSR count). The molecule has 27 heavy (non-hydrogen) atoms. The SMILES string of the molecule is Cc1cc(OCC(=O)NCc2ccc(CN3CCOCC3)cc2)ccc1Br. The summed E-state index contributed by atoms with van der Waals surface area (Å²) in [5.41, 5.74) is 3.43. The average molecular weight is 433 g/mol. The fourth-order valence-electron chi connectivity index (χ4n) is 2.89. The van der Waals surface area contributed by atoms with Gasteiger partial charge in [-0.2, -0.15) is 0 Å². The van der Waals surface area contributed by atoms with Crippen molar-refractivity contribution in [2.45, 2.75) is 20.0 Å². The van der Waals surface area contributed by atoms with Crippen molar-refractivity contribution in [2.75, 3.05) is 32.9 Å². The van der Waals surface area contributed by atoms with E-state index in [4.69, 9.17) is 9.47 Å². The lowest BCUT2D eigenvalue weighted by Gasteiger charge is -2.26. The maximum absolute atomic E-state index is 12.0. The van der Waals surface area contributed by atoms with Crippen LogP contribution in [0.3, 0.4) is 0 Å². The van der Waals surface area contributed by atoms with Gasteiger partial charge in [0.05, 0.1) is 13.2 Å². The van der Waals surface area contributed by atoms with Gasteiger partial charge in [0.15, 0.2) is 6.61 Å². The molecule has 1 amide bonds. The highest BCUT2D eigenvalue weighted by atomic mass is 79.9. The summed E-state index contributed by atoms with van der Waals surface area (Å²) in [6.45, 7) is 7.02. The van der Waals surface area contributed by atoms with Gasteiger partial charge < -0.3 is 14.8 Å². The van der Waals surface area contributed by atoms with Crippen LogP contribution < -0.4 is 10.1 Å². The van der Waals surface area contributed by atoms with Gasteiger partial charge in [-0.25, -0.2) is 0 Å². The Balaban J connectivity index is 1.41. The zero-order valence-corrected chi connectivity index (χ0v) is 17.1. The third-order valence-corrected chi connectivity index (χ3v) is 5.41. The van der Waals surface area contributed by atoms with E-state index in [1.165, 1.54) is 5.56 Å². The molecule has 6 heteroatoms. The van der Waals surface area contributed by atoms with Crippen molar-refractivity contribution < 1.29 is 14.3 Å². The molecule has 2 aromatic carbocycles. The van der Waals surface area contributed by atoms with Gasteiger partial charge in [-0.15, -0.1) is 0 Å². The van der Waals surface area contributed by atoms with Crippen LogP contribution in [0, 0.1) is 6.92 Å². The molecule has 1 heterocycles. The van der Waals surface area contributed by atoms with Gasteiger partial charge >= 0.3 is 0 Å². The van der Waals surface area contributed by atoms with Gasteiger partial charge in [-0.3, -0.25) is 9.69 Å². The lowest BCUT2D eigenvalue weighted by Crippen LogP contribution is -2.35. The smallest absolute Gasteiger partial charge is 0.258 e. The molecule has 2 aromatic rings. The highest BCUT2D eigenvalue weighted by Gasteiger charge is 2.10. The second-order valence-corrected chi connectivity index (χ2v) is 7.54. The van der Waals surface area contributed by atoms with Gasteiger partial charge in [0.25, 0.3) is 5.91 Å². The summed E-state index contributed by atoms with van der Waals surface area (Å²) in [4.78, 5) is 14.4. The van der Waals surface area contributed by atoms with Crippen molar-refractivity contribution >= 4 is 21.8 Å². The van der Waals surface area contributed by atoms with Crippen molar-refractivity contribution in [1.82, 2.24) is 10.2 Å². The Morgan fingerprint density at radius 2 is 1.85 bits per heavy atom. The van der Waals surface area contributed by atoms with E-state index in [-0.39, 0.29) is 12.5 Å². The minimum Gasteiger partial charge on any atom is -0.484 e. The first-order chi connectivity index (χ1) is 13.1. The van der Waals surface area contributed by atoms with E-state index < -0.39 is 0 Å². The van der Waals surface area contributed by atoms with Crippen LogP contribution in [0.5, 0.6) is 5.75 Å². The number of morpholine rings is 1. The molecule has 0 aromatic heterocycles. The average Bonchev–Trinajstić information content (AvgIpc) is 2.69. The van der Waals surface area contributed by atoms with Gasteiger partial charge in [0, 0.05) is 30.7 Å². The molecule has 1 saturated heterocycles. The van der Waals surface area contributed by atoms with Crippen LogP contribution in [-0.2, 0) is 22.6 Å². The molecule has 0 saturated carbocycles. The van der Waals surface area contributed by atoms with Crippen LogP contribution in [0.4, 0.5) is 0 Å². The Morgan fingerprint density at radius 3 is 2.56 bits per heavy atom. The number of halogens is 1. The molecule has 1 fully saturated rings. The summed E-state index contributed by atoms with van der Waals surface area (Å²) < 4.78 is 11.9. The van der Waals surface area contributed by atoms with Crippen LogP contribution in [0.1, 0.15) is 16.7 Å². The maximum Gasteiger partial charge on any atom is 0.258 e. The van der Waals surface area contributed by atoms with Crippen molar-refractivity contribution in [1.29, 1.82) is 0 Å². The second-order valence-electron chi connectivity index (χ2n) is 6.68. The van der Waals surface area contributed by atoms with Crippen molar-refractivity contribution in [3.63, 3.8) is 0 Å². The Kier molecular flexibility index (Phi) is 7.26. The largest absolute Gasteiger partial charge is 0.484 e. The van der Waals surface area contributed by atoms with Crippen molar-refractivity contribution in [3.05, 3.63) is 63.6 Å². The number of carbonyl (C=O) groups is 1. The summed E-state index contributed by atoms with van der Waals surface area (Å²) in [5, 5.41) is 2.90. The highest BCUT2D eigenvalue weighted by Crippen LogP contribution is 2.21. The molecule has 0 unspecified atom stereocenters. The number of ether oxygens (including phenoxy) is 2. The zero-order valence-electron chi connectivity index (χ0n) is 15.5. The minimum absolute atomic E-state index is 0.0101. The third kappa shape index (κ3) is 6.34. The predicted octanol–water partition coefficient (Wildman–Crippen LogP) is 3.28. The number of benzene rings is 2. The summed E-state index contributed by atoms with van der Waals surface area (Å²) >= 11 is 3.45. The highest BCUT2D eigenvalue weighted by molar-refractivity contribution is 9.10. The van der Waals surface area contributed by atoms with Crippen LogP contribution in [0.15, 0.2) is 46.9 Å². The molecular weight excluding hydrogens is 408 g/mol. The molecular formula is C21H25BrN2O3. The summed E-state index contributed by atoms with van der Waals surface area (Å²) in [6.07, 6.45) is 0. The first-order valence-corrected chi connectivity index (χ1v) is 9.93. The molecule has 5 nitrogen and oxygen atoms in total.